The van der Waals surface area contributed by atoms with E-state index in [1.807, 2.05) is 7.05 Å². The molecule has 0 radical (unpaired) electrons. The highest BCUT2D eigenvalue weighted by Crippen LogP contribution is 2.47. The fraction of sp³-hybridized carbons (Fsp3) is 0.128. The number of carbonyl (C=O) groups excluding carboxylic acids is 1. The highest BCUT2D eigenvalue weighted by molar-refractivity contribution is 6.21. The lowest BCUT2D eigenvalue weighted by molar-refractivity contribution is -0.140. The van der Waals surface area contributed by atoms with Gasteiger partial charge in [-0.25, -0.2) is 4.79 Å². The van der Waals surface area contributed by atoms with Crippen LogP contribution in [0.5, 0.6) is 0 Å². The number of aryl methyl sites for hydroxylation is 2. The number of hydrogen-bond acceptors (Lipinski definition) is 4. The summed E-state index contributed by atoms with van der Waals surface area (Å²) in [6, 6.07) is 48.3. The van der Waals surface area contributed by atoms with Crippen LogP contribution in [-0.4, -0.2) is 24.4 Å². The summed E-state index contributed by atoms with van der Waals surface area (Å²) in [5, 5.41) is 9.36. The van der Waals surface area contributed by atoms with E-state index in [4.69, 9.17) is 9.83 Å². The van der Waals surface area contributed by atoms with Crippen LogP contribution in [0.2, 0.25) is 0 Å². The molecule has 4 nitrogen and oxygen atoms in total. The second-order valence-electron chi connectivity index (χ2n) is 13.5. The van der Waals surface area contributed by atoms with Gasteiger partial charge in [-0.2, -0.15) is 0 Å². The Balaban J connectivity index is 1.41. The average molecular weight is 661 g/mol. The van der Waals surface area contributed by atoms with E-state index in [0.717, 1.165) is 75.0 Å². The van der Waals surface area contributed by atoms with Crippen molar-refractivity contribution in [3.8, 4) is 44.5 Å². The highest BCUT2D eigenvalue weighted by Gasteiger charge is 2.27. The predicted molar refractivity (Wildman–Crippen MR) is 211 cm³/mol. The Kier molecular flexibility index (Phi) is 7.66. The third kappa shape index (κ3) is 5.26. The second-order valence-corrected chi connectivity index (χ2v) is 13.5. The molecule has 9 rings (SSSR count). The van der Waals surface area contributed by atoms with Gasteiger partial charge in [0.1, 0.15) is 0 Å². The van der Waals surface area contributed by atoms with E-state index in [2.05, 4.69) is 139 Å². The van der Waals surface area contributed by atoms with Gasteiger partial charge in [-0.15, -0.1) is 0 Å². The van der Waals surface area contributed by atoms with E-state index in [9.17, 15) is 4.79 Å². The van der Waals surface area contributed by atoms with Gasteiger partial charge >= 0.3 is 5.97 Å². The Bertz CT molecular complexity index is 2580. The first-order valence-electron chi connectivity index (χ1n) is 17.7. The zero-order valence-corrected chi connectivity index (χ0v) is 28.7. The van der Waals surface area contributed by atoms with E-state index in [-0.39, 0.29) is 0 Å². The number of oxime groups is 1. The third-order valence-corrected chi connectivity index (χ3v) is 10.6. The van der Waals surface area contributed by atoms with Gasteiger partial charge in [0.25, 0.3) is 0 Å². The smallest absolute Gasteiger partial charge is 0.318 e. The molecule has 0 heterocycles. The van der Waals surface area contributed by atoms with Crippen molar-refractivity contribution in [1.29, 1.82) is 0 Å². The largest absolute Gasteiger partial charge is 0.331 e. The van der Waals surface area contributed by atoms with E-state index in [1.54, 1.807) is 0 Å². The maximum absolute atomic E-state index is 12.0. The first kappa shape index (κ1) is 30.9. The van der Waals surface area contributed by atoms with Crippen molar-refractivity contribution in [3.63, 3.8) is 0 Å². The number of benzene rings is 7. The molecule has 51 heavy (non-hydrogen) atoms. The number of nitrogens with zero attached hydrogens (tertiary/aromatic N) is 2. The number of hydrogen-bond donors (Lipinski definition) is 0. The first-order chi connectivity index (χ1) is 25.1. The molecule has 0 bridgehead atoms. The zero-order valence-electron chi connectivity index (χ0n) is 28.7. The SMILES string of the molecule is CN=C1CCc2cccc3ccc(-c4cc(-c5ccccc5)c(-c5ccc6cccc7c6c5/C(=N/OC(C)=O)CC7)cc4-c4ccccc4)c1c23. The molecule has 0 aromatic heterocycles. The lowest BCUT2D eigenvalue weighted by Crippen LogP contribution is -2.14. The molecule has 0 atom stereocenters. The van der Waals surface area contributed by atoms with Crippen LogP contribution >= 0.6 is 0 Å². The number of aliphatic imine (C=N–C) groups is 1. The monoisotopic (exact) mass is 660 g/mol. The summed E-state index contributed by atoms with van der Waals surface area (Å²) < 4.78 is 0. The first-order valence-corrected chi connectivity index (χ1v) is 17.7. The summed E-state index contributed by atoms with van der Waals surface area (Å²) in [4.78, 5) is 22.2. The molecular weight excluding hydrogens is 625 g/mol. The van der Waals surface area contributed by atoms with Crippen LogP contribution in [0.25, 0.3) is 66.1 Å². The summed E-state index contributed by atoms with van der Waals surface area (Å²) in [6.45, 7) is 1.40. The molecule has 0 amide bonds. The molecule has 7 aromatic rings. The van der Waals surface area contributed by atoms with Crippen LogP contribution in [0, 0.1) is 0 Å². The van der Waals surface area contributed by atoms with Crippen molar-refractivity contribution >= 4 is 38.9 Å². The Morgan fingerprint density at radius 3 is 1.49 bits per heavy atom. The lowest BCUT2D eigenvalue weighted by Gasteiger charge is -2.26. The van der Waals surface area contributed by atoms with Crippen molar-refractivity contribution in [2.45, 2.75) is 32.6 Å². The molecule has 0 saturated heterocycles. The number of rotatable bonds is 5. The zero-order chi connectivity index (χ0) is 34.5. The van der Waals surface area contributed by atoms with Gasteiger partial charge < -0.3 is 4.84 Å². The fourth-order valence-electron chi connectivity index (χ4n) is 8.32. The van der Waals surface area contributed by atoms with Crippen molar-refractivity contribution in [3.05, 3.63) is 156 Å². The highest BCUT2D eigenvalue weighted by atomic mass is 16.7. The predicted octanol–water partition coefficient (Wildman–Crippen LogP) is 11.2. The van der Waals surface area contributed by atoms with Crippen molar-refractivity contribution in [1.82, 2.24) is 0 Å². The Morgan fingerprint density at radius 2 is 1.00 bits per heavy atom. The molecule has 7 aromatic carbocycles. The maximum Gasteiger partial charge on any atom is 0.331 e. The van der Waals surface area contributed by atoms with Gasteiger partial charge in [-0.05, 0) is 115 Å². The van der Waals surface area contributed by atoms with Crippen LogP contribution < -0.4 is 0 Å². The van der Waals surface area contributed by atoms with Gasteiger partial charge in [0.15, 0.2) is 0 Å². The Labute approximate surface area is 297 Å². The fourth-order valence-corrected chi connectivity index (χ4v) is 8.32. The minimum Gasteiger partial charge on any atom is -0.318 e. The molecule has 4 heteroatoms. The molecule has 0 unspecified atom stereocenters. The van der Waals surface area contributed by atoms with Gasteiger partial charge in [0.05, 0.1) is 5.71 Å². The Morgan fingerprint density at radius 1 is 0.510 bits per heavy atom. The van der Waals surface area contributed by atoms with Crippen molar-refractivity contribution in [2.75, 3.05) is 7.05 Å². The molecule has 0 N–H and O–H groups in total. The molecule has 2 aliphatic carbocycles. The van der Waals surface area contributed by atoms with E-state index in [0.29, 0.717) is 6.42 Å². The van der Waals surface area contributed by atoms with Crippen LogP contribution in [0.15, 0.2) is 144 Å². The van der Waals surface area contributed by atoms with E-state index < -0.39 is 5.97 Å². The minimum absolute atomic E-state index is 0.423. The average Bonchev–Trinajstić information content (AvgIpc) is 3.18. The molecule has 2 aliphatic rings. The molecule has 0 aliphatic heterocycles. The van der Waals surface area contributed by atoms with Crippen molar-refractivity contribution < 1.29 is 9.63 Å². The van der Waals surface area contributed by atoms with Crippen molar-refractivity contribution in [2.24, 2.45) is 10.1 Å². The molecular formula is C47H36N2O2. The molecule has 0 saturated carbocycles. The Hall–Kier alpha value is -6.13. The molecule has 246 valence electrons. The van der Waals surface area contributed by atoms with Crippen LogP contribution in [-0.2, 0) is 22.5 Å². The van der Waals surface area contributed by atoms with E-state index >= 15 is 0 Å². The normalized spacial score (nSPS) is 15.1. The van der Waals surface area contributed by atoms with Crippen LogP contribution in [0.1, 0.15) is 42.0 Å². The van der Waals surface area contributed by atoms with Crippen LogP contribution in [0.4, 0.5) is 0 Å². The maximum atomic E-state index is 12.0. The summed E-state index contributed by atoms with van der Waals surface area (Å²) in [6.07, 6.45) is 3.42. The summed E-state index contributed by atoms with van der Waals surface area (Å²) in [7, 11) is 1.93. The third-order valence-electron chi connectivity index (χ3n) is 10.6. The van der Waals surface area contributed by atoms with Gasteiger partial charge in [-0.3, -0.25) is 4.99 Å². The van der Waals surface area contributed by atoms with Gasteiger partial charge in [-0.1, -0.05) is 126 Å². The molecule has 0 fully saturated rings. The molecule has 0 spiro atoms. The minimum atomic E-state index is -0.423. The van der Waals surface area contributed by atoms with E-state index in [1.165, 1.54) is 50.9 Å². The summed E-state index contributed by atoms with van der Waals surface area (Å²) in [5.41, 5.74) is 16.0. The second kappa shape index (κ2) is 12.6. The summed E-state index contributed by atoms with van der Waals surface area (Å²) in [5.74, 6) is -0.423. The van der Waals surface area contributed by atoms with Crippen LogP contribution in [0.3, 0.4) is 0 Å². The van der Waals surface area contributed by atoms with Gasteiger partial charge in [0, 0.05) is 30.8 Å². The topological polar surface area (TPSA) is 51.0 Å². The summed E-state index contributed by atoms with van der Waals surface area (Å²) >= 11 is 0. The standard InChI is InChI=1S/C47H36N2O2/c1-29(50)51-49-43-26-22-35-18-10-16-33-20-24-37(47(43)45(33)35)41-28-38(30-11-5-3-6-12-30)40(27-39(41)31-13-7-4-8-14-31)36-23-19-32-15-9-17-34-21-25-42(48-2)46(36)44(32)34/h3-20,23-24,27-28H,21-22,25-26H2,1-2H3/b48-42?,49-43+. The van der Waals surface area contributed by atoms with Gasteiger partial charge in [0.2, 0.25) is 0 Å². The lowest BCUT2D eigenvalue weighted by atomic mass is 9.78. The quantitative estimate of drug-likeness (QED) is 0.136. The number of carbonyl (C=O) groups is 1.